The van der Waals surface area contributed by atoms with Crippen LogP contribution in [0.4, 0.5) is 0 Å². The highest BCUT2D eigenvalue weighted by Gasteiger charge is 2.40. The number of hydrogen-bond acceptors (Lipinski definition) is 4. The number of carbonyl (C=O) groups is 1. The highest BCUT2D eigenvalue weighted by atomic mass is 79.9. The first-order chi connectivity index (χ1) is 9.36. The van der Waals surface area contributed by atoms with E-state index in [0.717, 1.165) is 15.4 Å². The third-order valence-corrected chi connectivity index (χ3v) is 3.64. The predicted octanol–water partition coefficient (Wildman–Crippen LogP) is 3.58. The van der Waals surface area contributed by atoms with Gasteiger partial charge in [-0.25, -0.2) is 4.79 Å². The monoisotopic (exact) mass is 339 g/mol. The molecule has 20 heavy (non-hydrogen) atoms. The fourth-order valence-electron chi connectivity index (χ4n) is 2.27. The van der Waals surface area contributed by atoms with Gasteiger partial charge in [0.25, 0.3) is 0 Å². The second-order valence-electron chi connectivity index (χ2n) is 5.21. The van der Waals surface area contributed by atoms with Gasteiger partial charge in [-0.3, -0.25) is 5.32 Å². The van der Waals surface area contributed by atoms with Crippen molar-refractivity contribution in [3.8, 4) is 0 Å². The molecule has 0 spiro atoms. The summed E-state index contributed by atoms with van der Waals surface area (Å²) < 4.78 is 11.7. The van der Waals surface area contributed by atoms with E-state index in [1.165, 1.54) is 7.11 Å². The van der Waals surface area contributed by atoms with Crippen LogP contribution >= 0.6 is 15.9 Å². The number of furan rings is 1. The summed E-state index contributed by atoms with van der Waals surface area (Å²) in [6, 6.07) is 7.71. The Bertz CT molecular complexity index is 635. The van der Waals surface area contributed by atoms with E-state index >= 15 is 0 Å². The molecule has 4 nitrogen and oxygen atoms in total. The summed E-state index contributed by atoms with van der Waals surface area (Å²) in [6.07, 6.45) is 0. The van der Waals surface area contributed by atoms with Crippen LogP contribution in [0.15, 0.2) is 33.2 Å². The van der Waals surface area contributed by atoms with E-state index in [4.69, 9.17) is 9.15 Å². The van der Waals surface area contributed by atoms with Crippen molar-refractivity contribution in [3.05, 3.63) is 34.5 Å². The van der Waals surface area contributed by atoms with Crippen molar-refractivity contribution in [2.45, 2.75) is 32.4 Å². The third kappa shape index (κ3) is 2.74. The van der Waals surface area contributed by atoms with Gasteiger partial charge in [0.15, 0.2) is 5.54 Å². The minimum Gasteiger partial charge on any atom is -0.467 e. The van der Waals surface area contributed by atoms with E-state index in [1.54, 1.807) is 6.92 Å². The number of halogens is 1. The number of ether oxygens (including phenoxy) is 1. The minimum absolute atomic E-state index is 0.110. The standard InChI is InChI=1S/C15H18BrNO3/c1-9(2)17-15(3,14(18)19-4)13-8-10-7-11(16)5-6-12(10)20-13/h5-9,17H,1-4H3. The lowest BCUT2D eigenvalue weighted by atomic mass is 9.97. The smallest absolute Gasteiger partial charge is 0.333 e. The first-order valence-electron chi connectivity index (χ1n) is 6.42. The molecule has 5 heteroatoms. The number of carbonyl (C=O) groups excluding carboxylic acids is 1. The van der Waals surface area contributed by atoms with Crippen LogP contribution in [-0.2, 0) is 15.1 Å². The van der Waals surface area contributed by atoms with Gasteiger partial charge in [-0.15, -0.1) is 0 Å². The fourth-order valence-corrected chi connectivity index (χ4v) is 2.65. The molecule has 1 unspecified atom stereocenters. The molecule has 0 saturated carbocycles. The maximum Gasteiger partial charge on any atom is 0.333 e. The zero-order chi connectivity index (χ0) is 14.9. The highest BCUT2D eigenvalue weighted by molar-refractivity contribution is 9.10. The predicted molar refractivity (Wildman–Crippen MR) is 81.6 cm³/mol. The molecule has 1 aromatic carbocycles. The van der Waals surface area contributed by atoms with Crippen molar-refractivity contribution >= 4 is 32.9 Å². The van der Waals surface area contributed by atoms with Crippen molar-refractivity contribution in [1.82, 2.24) is 5.32 Å². The second kappa shape index (κ2) is 5.58. The van der Waals surface area contributed by atoms with Gasteiger partial charge in [-0.2, -0.15) is 0 Å². The molecule has 2 rings (SSSR count). The summed E-state index contributed by atoms with van der Waals surface area (Å²) in [5.41, 5.74) is -0.266. The molecule has 0 radical (unpaired) electrons. The van der Waals surface area contributed by atoms with Crippen molar-refractivity contribution in [2.75, 3.05) is 7.11 Å². The largest absolute Gasteiger partial charge is 0.467 e. The van der Waals surface area contributed by atoms with E-state index in [0.29, 0.717) is 5.76 Å². The SMILES string of the molecule is COC(=O)C(C)(NC(C)C)c1cc2cc(Br)ccc2o1. The quantitative estimate of drug-likeness (QED) is 0.865. The third-order valence-electron chi connectivity index (χ3n) is 3.14. The number of benzene rings is 1. The fraction of sp³-hybridized carbons (Fsp3) is 0.400. The van der Waals surface area contributed by atoms with Crippen LogP contribution < -0.4 is 5.32 Å². The Hall–Kier alpha value is -1.33. The van der Waals surface area contributed by atoms with Crippen LogP contribution in [-0.4, -0.2) is 19.1 Å². The average molecular weight is 340 g/mol. The van der Waals surface area contributed by atoms with Crippen molar-refractivity contribution in [1.29, 1.82) is 0 Å². The second-order valence-corrected chi connectivity index (χ2v) is 6.12. The Morgan fingerprint density at radius 3 is 2.70 bits per heavy atom. The number of methoxy groups -OCH3 is 1. The number of hydrogen-bond donors (Lipinski definition) is 1. The van der Waals surface area contributed by atoms with Gasteiger partial charge in [-0.05, 0) is 45.0 Å². The first-order valence-corrected chi connectivity index (χ1v) is 7.22. The molecule has 0 aliphatic heterocycles. The van der Waals surface area contributed by atoms with E-state index < -0.39 is 5.54 Å². The van der Waals surface area contributed by atoms with Gasteiger partial charge >= 0.3 is 5.97 Å². The average Bonchev–Trinajstić information content (AvgIpc) is 2.80. The first kappa shape index (κ1) is 15.1. The van der Waals surface area contributed by atoms with E-state index in [2.05, 4.69) is 21.2 Å². The van der Waals surface area contributed by atoms with Crippen LogP contribution in [0.5, 0.6) is 0 Å². The van der Waals surface area contributed by atoms with Crippen LogP contribution in [0.1, 0.15) is 26.5 Å². The molecule has 0 amide bonds. The molecular formula is C15H18BrNO3. The molecule has 0 saturated heterocycles. The van der Waals surface area contributed by atoms with Crippen molar-refractivity contribution < 1.29 is 13.9 Å². The Morgan fingerprint density at radius 2 is 2.10 bits per heavy atom. The van der Waals surface area contributed by atoms with Gasteiger partial charge in [0.05, 0.1) is 7.11 Å². The van der Waals surface area contributed by atoms with Crippen LogP contribution in [0, 0.1) is 0 Å². The van der Waals surface area contributed by atoms with Gasteiger partial charge in [0.1, 0.15) is 11.3 Å². The summed E-state index contributed by atoms with van der Waals surface area (Å²) in [5.74, 6) is 0.176. The molecule has 0 aliphatic rings. The Balaban J connectivity index is 2.53. The number of fused-ring (bicyclic) bond motifs is 1. The van der Waals surface area contributed by atoms with Gasteiger partial charge < -0.3 is 9.15 Å². The summed E-state index contributed by atoms with van der Waals surface area (Å²) >= 11 is 3.43. The Labute approximate surface area is 126 Å². The number of esters is 1. The molecule has 1 atom stereocenters. The van der Waals surface area contributed by atoms with Gasteiger partial charge in [0, 0.05) is 15.9 Å². The number of nitrogens with one attached hydrogen (secondary N) is 1. The molecule has 0 fully saturated rings. The van der Waals surface area contributed by atoms with Gasteiger partial charge in [-0.1, -0.05) is 15.9 Å². The lowest BCUT2D eigenvalue weighted by molar-refractivity contribution is -0.149. The zero-order valence-electron chi connectivity index (χ0n) is 12.0. The topological polar surface area (TPSA) is 51.5 Å². The molecule has 2 aromatic rings. The minimum atomic E-state index is -1.01. The zero-order valence-corrected chi connectivity index (χ0v) is 13.6. The van der Waals surface area contributed by atoms with Crippen molar-refractivity contribution in [3.63, 3.8) is 0 Å². The Kier molecular flexibility index (Phi) is 4.20. The summed E-state index contributed by atoms with van der Waals surface area (Å²) in [5, 5.41) is 4.16. The summed E-state index contributed by atoms with van der Waals surface area (Å²) in [7, 11) is 1.38. The summed E-state index contributed by atoms with van der Waals surface area (Å²) in [6.45, 7) is 5.71. The van der Waals surface area contributed by atoms with Crippen LogP contribution in [0.25, 0.3) is 11.0 Å². The maximum atomic E-state index is 12.2. The maximum absolute atomic E-state index is 12.2. The van der Waals surface area contributed by atoms with Gasteiger partial charge in [0.2, 0.25) is 0 Å². The van der Waals surface area contributed by atoms with Crippen LogP contribution in [0.3, 0.4) is 0 Å². The molecular weight excluding hydrogens is 322 g/mol. The molecule has 108 valence electrons. The molecule has 0 aliphatic carbocycles. The Morgan fingerprint density at radius 1 is 1.40 bits per heavy atom. The van der Waals surface area contributed by atoms with E-state index in [9.17, 15) is 4.79 Å². The number of rotatable bonds is 4. The molecule has 1 N–H and O–H groups in total. The molecule has 1 heterocycles. The molecule has 1 aromatic heterocycles. The molecule has 0 bridgehead atoms. The van der Waals surface area contributed by atoms with E-state index in [1.807, 2.05) is 38.1 Å². The summed E-state index contributed by atoms with van der Waals surface area (Å²) in [4.78, 5) is 12.2. The van der Waals surface area contributed by atoms with Crippen LogP contribution in [0.2, 0.25) is 0 Å². The lowest BCUT2D eigenvalue weighted by Gasteiger charge is -2.28. The van der Waals surface area contributed by atoms with Crippen molar-refractivity contribution in [2.24, 2.45) is 0 Å². The van der Waals surface area contributed by atoms with E-state index in [-0.39, 0.29) is 12.0 Å². The normalized spacial score (nSPS) is 14.5. The lowest BCUT2D eigenvalue weighted by Crippen LogP contribution is -2.50. The highest BCUT2D eigenvalue weighted by Crippen LogP contribution is 2.31.